The highest BCUT2D eigenvalue weighted by Gasteiger charge is 2.19. The lowest BCUT2D eigenvalue weighted by Gasteiger charge is -2.10. The number of hydrogen-bond acceptors (Lipinski definition) is 6. The molecule has 0 spiro atoms. The topological polar surface area (TPSA) is 144 Å². The standard InChI is InChI=1S/C22H18N4O6/c1-13-17(5-3-7-19(13)25(29)30)21(27)23-15-9-11-16(12-10-15)24-22(28)18-6-4-8-20(14(18)2)26(31)32/h3-12H,1-2H3,(H,23,27)(H,24,28). The minimum Gasteiger partial charge on any atom is -0.322 e. The molecule has 0 unspecified atom stereocenters. The molecule has 0 bridgehead atoms. The van der Waals surface area contributed by atoms with Gasteiger partial charge in [0.2, 0.25) is 0 Å². The smallest absolute Gasteiger partial charge is 0.273 e. The van der Waals surface area contributed by atoms with Crippen LogP contribution in [0.5, 0.6) is 0 Å². The predicted octanol–water partition coefficient (Wildman–Crippen LogP) is 4.62. The van der Waals surface area contributed by atoms with Gasteiger partial charge in [-0.3, -0.25) is 29.8 Å². The monoisotopic (exact) mass is 434 g/mol. The predicted molar refractivity (Wildman–Crippen MR) is 118 cm³/mol. The Bertz CT molecular complexity index is 1140. The van der Waals surface area contributed by atoms with Crippen molar-refractivity contribution in [2.45, 2.75) is 13.8 Å². The largest absolute Gasteiger partial charge is 0.322 e. The van der Waals surface area contributed by atoms with E-state index in [-0.39, 0.29) is 33.6 Å². The Morgan fingerprint density at radius 2 is 1.00 bits per heavy atom. The molecule has 3 rings (SSSR count). The van der Waals surface area contributed by atoms with Gasteiger partial charge in [0.05, 0.1) is 9.85 Å². The number of nitrogens with zero attached hydrogens (tertiary/aromatic N) is 2. The first-order chi connectivity index (χ1) is 15.2. The van der Waals surface area contributed by atoms with E-state index in [0.29, 0.717) is 11.4 Å². The van der Waals surface area contributed by atoms with Gasteiger partial charge in [-0.05, 0) is 50.2 Å². The molecule has 0 saturated carbocycles. The lowest BCUT2D eigenvalue weighted by Crippen LogP contribution is -2.15. The van der Waals surface area contributed by atoms with Crippen molar-refractivity contribution in [1.82, 2.24) is 0 Å². The zero-order chi connectivity index (χ0) is 23.4. The van der Waals surface area contributed by atoms with Crippen LogP contribution in [0.4, 0.5) is 22.7 Å². The number of carbonyl (C=O) groups excluding carboxylic acids is 2. The molecule has 2 amide bonds. The zero-order valence-electron chi connectivity index (χ0n) is 17.1. The lowest BCUT2D eigenvalue weighted by molar-refractivity contribution is -0.385. The van der Waals surface area contributed by atoms with E-state index >= 15 is 0 Å². The van der Waals surface area contributed by atoms with Gasteiger partial charge in [0.25, 0.3) is 23.2 Å². The number of benzene rings is 3. The maximum absolute atomic E-state index is 12.5. The fourth-order valence-corrected chi connectivity index (χ4v) is 3.17. The van der Waals surface area contributed by atoms with Crippen molar-refractivity contribution in [3.8, 4) is 0 Å². The minimum absolute atomic E-state index is 0.146. The number of rotatable bonds is 6. The molecule has 0 aliphatic carbocycles. The van der Waals surface area contributed by atoms with Gasteiger partial charge in [-0.25, -0.2) is 0 Å². The average Bonchev–Trinajstić information content (AvgIpc) is 2.74. The highest BCUT2D eigenvalue weighted by molar-refractivity contribution is 6.07. The van der Waals surface area contributed by atoms with Crippen molar-refractivity contribution >= 4 is 34.6 Å². The summed E-state index contributed by atoms with van der Waals surface area (Å²) in [5, 5.41) is 27.4. The zero-order valence-corrected chi connectivity index (χ0v) is 17.1. The number of carbonyl (C=O) groups is 2. The lowest BCUT2D eigenvalue weighted by atomic mass is 10.1. The van der Waals surface area contributed by atoms with Crippen molar-refractivity contribution in [3.05, 3.63) is 103 Å². The van der Waals surface area contributed by atoms with Gasteiger partial charge in [-0.15, -0.1) is 0 Å². The van der Waals surface area contributed by atoms with Crippen LogP contribution in [0.2, 0.25) is 0 Å². The van der Waals surface area contributed by atoms with Crippen molar-refractivity contribution < 1.29 is 19.4 Å². The summed E-state index contributed by atoms with van der Waals surface area (Å²) in [6.45, 7) is 3.00. The van der Waals surface area contributed by atoms with E-state index in [1.54, 1.807) is 24.3 Å². The van der Waals surface area contributed by atoms with Crippen molar-refractivity contribution in [2.24, 2.45) is 0 Å². The normalized spacial score (nSPS) is 10.3. The fraction of sp³-hybridized carbons (Fsp3) is 0.0909. The molecule has 2 N–H and O–H groups in total. The molecule has 0 aliphatic heterocycles. The summed E-state index contributed by atoms with van der Waals surface area (Å²) in [5.41, 5.74) is 1.42. The van der Waals surface area contributed by atoms with Gasteiger partial charge in [0, 0.05) is 45.8 Å². The van der Waals surface area contributed by atoms with Gasteiger partial charge in [-0.2, -0.15) is 0 Å². The third kappa shape index (κ3) is 4.59. The van der Waals surface area contributed by atoms with Crippen molar-refractivity contribution in [3.63, 3.8) is 0 Å². The molecule has 162 valence electrons. The molecule has 0 aliphatic rings. The fourth-order valence-electron chi connectivity index (χ4n) is 3.17. The molecule has 10 heteroatoms. The minimum atomic E-state index is -0.549. The van der Waals surface area contributed by atoms with Crippen LogP contribution in [0, 0.1) is 34.1 Å². The molecule has 0 saturated heterocycles. The van der Waals surface area contributed by atoms with E-state index in [1.165, 1.54) is 50.2 Å². The van der Waals surface area contributed by atoms with Gasteiger partial charge >= 0.3 is 0 Å². The van der Waals surface area contributed by atoms with E-state index in [1.807, 2.05) is 0 Å². The van der Waals surface area contributed by atoms with Crippen molar-refractivity contribution in [2.75, 3.05) is 10.6 Å². The van der Waals surface area contributed by atoms with Gasteiger partial charge < -0.3 is 10.6 Å². The summed E-state index contributed by atoms with van der Waals surface area (Å²) in [6, 6.07) is 14.7. The average molecular weight is 434 g/mol. The Morgan fingerprint density at radius 3 is 1.31 bits per heavy atom. The summed E-state index contributed by atoms with van der Waals surface area (Å²) in [4.78, 5) is 46.1. The number of nitro benzene ring substituents is 2. The Morgan fingerprint density at radius 1 is 0.656 bits per heavy atom. The first-order valence-electron chi connectivity index (χ1n) is 9.40. The second-order valence-corrected chi connectivity index (χ2v) is 6.90. The summed E-state index contributed by atoms with van der Waals surface area (Å²) in [6.07, 6.45) is 0. The van der Waals surface area contributed by atoms with E-state index < -0.39 is 21.7 Å². The number of anilines is 2. The number of nitrogens with one attached hydrogen (secondary N) is 2. The molecule has 3 aromatic carbocycles. The first kappa shape index (κ1) is 22.1. The van der Waals surface area contributed by atoms with Crippen LogP contribution in [-0.2, 0) is 0 Å². The van der Waals surface area contributed by atoms with E-state index in [4.69, 9.17) is 0 Å². The Kier molecular flexibility index (Phi) is 6.24. The van der Waals surface area contributed by atoms with Crippen LogP contribution in [0.25, 0.3) is 0 Å². The first-order valence-corrected chi connectivity index (χ1v) is 9.40. The third-order valence-corrected chi connectivity index (χ3v) is 4.89. The van der Waals surface area contributed by atoms with Crippen LogP contribution in [0.1, 0.15) is 31.8 Å². The van der Waals surface area contributed by atoms with Gasteiger partial charge in [0.15, 0.2) is 0 Å². The second-order valence-electron chi connectivity index (χ2n) is 6.90. The molecule has 3 aromatic rings. The van der Waals surface area contributed by atoms with Crippen LogP contribution >= 0.6 is 0 Å². The molecule has 10 nitrogen and oxygen atoms in total. The van der Waals surface area contributed by atoms with Crippen molar-refractivity contribution in [1.29, 1.82) is 0 Å². The van der Waals surface area contributed by atoms with Gasteiger partial charge in [-0.1, -0.05) is 12.1 Å². The van der Waals surface area contributed by atoms with Gasteiger partial charge in [0.1, 0.15) is 0 Å². The van der Waals surface area contributed by atoms with Crippen LogP contribution in [0.15, 0.2) is 60.7 Å². The Balaban J connectivity index is 1.72. The van der Waals surface area contributed by atoms with Crippen LogP contribution < -0.4 is 10.6 Å². The molecular weight excluding hydrogens is 416 g/mol. The summed E-state index contributed by atoms with van der Waals surface area (Å²) in [5.74, 6) is -1.01. The maximum atomic E-state index is 12.5. The molecule has 0 radical (unpaired) electrons. The number of hydrogen-bond donors (Lipinski definition) is 2. The maximum Gasteiger partial charge on any atom is 0.273 e. The highest BCUT2D eigenvalue weighted by Crippen LogP contribution is 2.24. The summed E-state index contributed by atoms with van der Waals surface area (Å²) >= 11 is 0. The van der Waals surface area contributed by atoms with Crippen LogP contribution in [0.3, 0.4) is 0 Å². The summed E-state index contributed by atoms with van der Waals surface area (Å²) in [7, 11) is 0. The van der Waals surface area contributed by atoms with E-state index in [9.17, 15) is 29.8 Å². The number of amides is 2. The SMILES string of the molecule is Cc1c(C(=O)Nc2ccc(NC(=O)c3cccc([N+](=O)[O-])c3C)cc2)cccc1[N+](=O)[O-]. The number of nitro groups is 2. The quantitative estimate of drug-likeness (QED) is 0.428. The van der Waals surface area contributed by atoms with E-state index in [2.05, 4.69) is 10.6 Å². The van der Waals surface area contributed by atoms with E-state index in [0.717, 1.165) is 0 Å². The molecule has 0 fully saturated rings. The Labute approximate surface area is 182 Å². The second kappa shape index (κ2) is 9.04. The molecule has 0 heterocycles. The molecular formula is C22H18N4O6. The third-order valence-electron chi connectivity index (χ3n) is 4.89. The van der Waals surface area contributed by atoms with Crippen LogP contribution in [-0.4, -0.2) is 21.7 Å². The Hall–Kier alpha value is -4.60. The molecule has 0 aromatic heterocycles. The highest BCUT2D eigenvalue weighted by atomic mass is 16.6. The summed E-state index contributed by atoms with van der Waals surface area (Å²) < 4.78 is 0. The molecule has 0 atom stereocenters. The molecule has 32 heavy (non-hydrogen) atoms.